The highest BCUT2D eigenvalue weighted by Gasteiger charge is 2.20. The molecule has 0 aliphatic rings. The van der Waals surface area contributed by atoms with Crippen LogP contribution in [-0.2, 0) is 27.9 Å². The van der Waals surface area contributed by atoms with E-state index < -0.39 is 13.9 Å². The maximum absolute atomic E-state index is 12.7. The molecule has 2 unspecified atom stereocenters. The van der Waals surface area contributed by atoms with Gasteiger partial charge in [-0.3, -0.25) is 9.36 Å². The van der Waals surface area contributed by atoms with Gasteiger partial charge in [0, 0.05) is 13.0 Å². The first kappa shape index (κ1) is 57.5. The summed E-state index contributed by atoms with van der Waals surface area (Å²) in [6.07, 6.45) is 47.0. The number of nitrogens with zero attached hydrogens (tertiary/aromatic N) is 1. The van der Waals surface area contributed by atoms with Crippen LogP contribution in [0.25, 0.3) is 0 Å². The predicted molar refractivity (Wildman–Crippen MR) is 245 cm³/mol. The van der Waals surface area contributed by atoms with Crippen LogP contribution in [0.4, 0.5) is 0 Å². The van der Waals surface area contributed by atoms with Gasteiger partial charge in [0.2, 0.25) is 0 Å². The van der Waals surface area contributed by atoms with E-state index in [4.69, 9.17) is 18.5 Å². The van der Waals surface area contributed by atoms with Crippen LogP contribution in [0.3, 0.4) is 0 Å². The van der Waals surface area contributed by atoms with Crippen LogP contribution in [-0.4, -0.2) is 70.7 Å². The number of unbranched alkanes of at least 4 members (excludes halogenated alkanes) is 34. The second-order valence-electron chi connectivity index (χ2n) is 18.5. The molecule has 8 nitrogen and oxygen atoms in total. The topological polar surface area (TPSA) is 94.1 Å². The SMILES string of the molecule is CCCCCCCCCCCCCCCCCCCCCCCCCCCC(=O)OC(COCCCCCCCCCCCCC)COP(=O)([O-])OCC[N+](C)(C)C. The molecule has 0 heterocycles. The van der Waals surface area contributed by atoms with E-state index in [0.717, 1.165) is 32.1 Å². The van der Waals surface area contributed by atoms with Gasteiger partial charge in [-0.25, -0.2) is 0 Å². The third kappa shape index (κ3) is 46.6. The third-order valence-corrected chi connectivity index (χ3v) is 12.4. The van der Waals surface area contributed by atoms with Gasteiger partial charge in [0.05, 0.1) is 34.4 Å². The lowest BCUT2D eigenvalue weighted by atomic mass is 10.0. The van der Waals surface area contributed by atoms with Gasteiger partial charge < -0.3 is 27.9 Å². The number of hydrogen-bond acceptors (Lipinski definition) is 7. The molecule has 0 aliphatic carbocycles. The van der Waals surface area contributed by atoms with Crippen LogP contribution in [0.2, 0.25) is 0 Å². The number of hydrogen-bond donors (Lipinski definition) is 0. The Morgan fingerprint density at radius 2 is 0.793 bits per heavy atom. The molecule has 0 aliphatic heterocycles. The van der Waals surface area contributed by atoms with E-state index in [2.05, 4.69) is 13.8 Å². The Balaban J connectivity index is 3.97. The summed E-state index contributed by atoms with van der Waals surface area (Å²) in [5.41, 5.74) is 0. The number of ether oxygens (including phenoxy) is 2. The van der Waals surface area contributed by atoms with Gasteiger partial charge in [-0.1, -0.05) is 232 Å². The standard InChI is InChI=1S/C49H100NO7P/c1-6-8-10-12-14-16-18-19-20-21-22-23-24-25-26-27-28-29-30-31-32-34-36-38-40-42-49(51)57-48(47-56-58(52,53)55-45-43-50(3,4)5)46-54-44-41-39-37-35-33-17-15-13-11-9-7-2/h48H,6-47H2,1-5H3. The fourth-order valence-electron chi connectivity index (χ4n) is 7.49. The minimum absolute atomic E-state index is 0.0314. The highest BCUT2D eigenvalue weighted by molar-refractivity contribution is 7.45. The van der Waals surface area contributed by atoms with Crippen LogP contribution in [0.15, 0.2) is 0 Å². The number of esters is 1. The van der Waals surface area contributed by atoms with E-state index in [1.54, 1.807) is 0 Å². The molecule has 9 heteroatoms. The average Bonchev–Trinajstić information content (AvgIpc) is 3.18. The molecule has 0 aromatic heterocycles. The minimum Gasteiger partial charge on any atom is -0.756 e. The summed E-state index contributed by atoms with van der Waals surface area (Å²) >= 11 is 0. The fraction of sp³-hybridized carbons (Fsp3) is 0.980. The molecule has 58 heavy (non-hydrogen) atoms. The molecule has 0 aromatic carbocycles. The van der Waals surface area contributed by atoms with E-state index in [9.17, 15) is 14.3 Å². The average molecular weight is 846 g/mol. The van der Waals surface area contributed by atoms with Crippen LogP contribution in [0, 0.1) is 0 Å². The van der Waals surface area contributed by atoms with Crippen LogP contribution in [0.1, 0.15) is 251 Å². The minimum atomic E-state index is -4.52. The summed E-state index contributed by atoms with van der Waals surface area (Å²) in [5, 5.41) is 0. The summed E-state index contributed by atoms with van der Waals surface area (Å²) in [6, 6.07) is 0. The van der Waals surface area contributed by atoms with Crippen molar-refractivity contribution in [3.63, 3.8) is 0 Å². The lowest BCUT2D eigenvalue weighted by Gasteiger charge is -2.28. The normalized spacial score (nSPS) is 13.6. The van der Waals surface area contributed by atoms with Crippen molar-refractivity contribution in [1.82, 2.24) is 0 Å². The zero-order chi connectivity index (χ0) is 42.7. The molecule has 0 rings (SSSR count). The zero-order valence-electron chi connectivity index (χ0n) is 39.5. The largest absolute Gasteiger partial charge is 0.756 e. The van der Waals surface area contributed by atoms with Crippen LogP contribution < -0.4 is 4.89 Å². The van der Waals surface area contributed by atoms with E-state index in [-0.39, 0.29) is 25.8 Å². The first-order chi connectivity index (χ1) is 28.1. The molecule has 0 saturated heterocycles. The Kier molecular flexibility index (Phi) is 42.8. The van der Waals surface area contributed by atoms with Crippen molar-refractivity contribution in [3.05, 3.63) is 0 Å². The van der Waals surface area contributed by atoms with Gasteiger partial charge in [0.25, 0.3) is 7.82 Å². The molecule has 0 saturated carbocycles. The molecular formula is C49H100NO7P. The number of rotatable bonds is 48. The molecule has 0 amide bonds. The maximum Gasteiger partial charge on any atom is 0.306 e. The van der Waals surface area contributed by atoms with Gasteiger partial charge in [-0.05, 0) is 12.8 Å². The van der Waals surface area contributed by atoms with Crippen molar-refractivity contribution in [2.45, 2.75) is 258 Å². The van der Waals surface area contributed by atoms with Gasteiger partial charge >= 0.3 is 5.97 Å². The number of phosphoric acid groups is 1. The van der Waals surface area contributed by atoms with Gasteiger partial charge in [0.1, 0.15) is 19.3 Å². The first-order valence-corrected chi connectivity index (χ1v) is 26.7. The molecule has 0 spiro atoms. The molecule has 2 atom stereocenters. The van der Waals surface area contributed by atoms with E-state index in [0.29, 0.717) is 24.1 Å². The van der Waals surface area contributed by atoms with Crippen molar-refractivity contribution in [3.8, 4) is 0 Å². The number of likely N-dealkylation sites (N-methyl/N-ethyl adjacent to an activating group) is 1. The number of carbonyl (C=O) groups excluding carboxylic acids is 1. The van der Waals surface area contributed by atoms with E-state index in [1.807, 2.05) is 21.1 Å². The zero-order valence-corrected chi connectivity index (χ0v) is 40.4. The molecular weight excluding hydrogens is 746 g/mol. The Hall–Kier alpha value is -0.500. The Bertz CT molecular complexity index is 899. The maximum atomic E-state index is 12.7. The van der Waals surface area contributed by atoms with Crippen molar-refractivity contribution in [2.75, 3.05) is 54.1 Å². The summed E-state index contributed by atoms with van der Waals surface area (Å²) in [4.78, 5) is 25.1. The smallest absolute Gasteiger partial charge is 0.306 e. The van der Waals surface area contributed by atoms with Crippen LogP contribution in [0.5, 0.6) is 0 Å². The Morgan fingerprint density at radius 1 is 0.466 bits per heavy atom. The highest BCUT2D eigenvalue weighted by atomic mass is 31.2. The van der Waals surface area contributed by atoms with E-state index >= 15 is 0 Å². The number of quaternary nitrogens is 1. The molecule has 0 radical (unpaired) electrons. The lowest BCUT2D eigenvalue weighted by Crippen LogP contribution is -2.37. The van der Waals surface area contributed by atoms with E-state index in [1.165, 1.54) is 199 Å². The highest BCUT2D eigenvalue weighted by Crippen LogP contribution is 2.38. The summed E-state index contributed by atoms with van der Waals surface area (Å²) in [7, 11) is 1.38. The third-order valence-electron chi connectivity index (χ3n) is 11.4. The van der Waals surface area contributed by atoms with Crippen molar-refractivity contribution < 1.29 is 37.3 Å². The van der Waals surface area contributed by atoms with Crippen LogP contribution >= 0.6 is 7.82 Å². The van der Waals surface area contributed by atoms with Crippen molar-refractivity contribution >= 4 is 13.8 Å². The van der Waals surface area contributed by atoms with Gasteiger partial charge in [-0.2, -0.15) is 0 Å². The molecule has 0 bridgehead atoms. The number of carbonyl (C=O) groups is 1. The summed E-state index contributed by atoms with van der Waals surface area (Å²) in [6.45, 7) is 5.47. The monoisotopic (exact) mass is 846 g/mol. The number of phosphoric ester groups is 1. The van der Waals surface area contributed by atoms with Crippen molar-refractivity contribution in [2.24, 2.45) is 0 Å². The van der Waals surface area contributed by atoms with Gasteiger partial charge in [-0.15, -0.1) is 0 Å². The quantitative estimate of drug-likeness (QED) is 0.0260. The molecule has 348 valence electrons. The summed E-state index contributed by atoms with van der Waals surface area (Å²) < 4.78 is 34.6. The molecule has 0 fully saturated rings. The van der Waals surface area contributed by atoms with Gasteiger partial charge in [0.15, 0.2) is 0 Å². The Morgan fingerprint density at radius 3 is 1.14 bits per heavy atom. The molecule has 0 N–H and O–H groups in total. The fourth-order valence-corrected chi connectivity index (χ4v) is 8.22. The second-order valence-corrected chi connectivity index (χ2v) is 20.0. The first-order valence-electron chi connectivity index (χ1n) is 25.3. The van der Waals surface area contributed by atoms with Crippen molar-refractivity contribution in [1.29, 1.82) is 0 Å². The molecule has 0 aromatic rings. The lowest BCUT2D eigenvalue weighted by molar-refractivity contribution is -0.870. The predicted octanol–water partition coefficient (Wildman–Crippen LogP) is 14.6. The Labute approximate surface area is 361 Å². The summed E-state index contributed by atoms with van der Waals surface area (Å²) in [5.74, 6) is -0.326. The second kappa shape index (κ2) is 43.2.